The van der Waals surface area contributed by atoms with Crippen molar-refractivity contribution in [3.8, 4) is 0 Å². The van der Waals surface area contributed by atoms with Gasteiger partial charge in [-0.1, -0.05) is 12.2 Å². The first-order chi connectivity index (χ1) is 15.7. The van der Waals surface area contributed by atoms with Gasteiger partial charge in [0.25, 0.3) is 5.91 Å². The van der Waals surface area contributed by atoms with Crippen molar-refractivity contribution in [2.24, 2.45) is 0 Å². The van der Waals surface area contributed by atoms with Gasteiger partial charge in [0.2, 0.25) is 0 Å². The van der Waals surface area contributed by atoms with Crippen LogP contribution in [0, 0.1) is 0 Å². The van der Waals surface area contributed by atoms with Crippen molar-refractivity contribution in [2.75, 3.05) is 7.11 Å². The predicted molar refractivity (Wildman–Crippen MR) is 127 cm³/mol. The molecule has 4 amide bonds. The highest BCUT2D eigenvalue weighted by atomic mass is 16.6. The summed E-state index contributed by atoms with van der Waals surface area (Å²) in [5.41, 5.74) is -4.21. The summed E-state index contributed by atoms with van der Waals surface area (Å²) in [5.74, 6) is -2.25. The summed E-state index contributed by atoms with van der Waals surface area (Å²) >= 11 is 0. The Morgan fingerprint density at radius 3 is 1.14 bits per heavy atom. The summed E-state index contributed by atoms with van der Waals surface area (Å²) in [4.78, 5) is 65.8. The molecule has 0 heterocycles. The fourth-order valence-corrected chi connectivity index (χ4v) is 2.39. The summed E-state index contributed by atoms with van der Waals surface area (Å²) in [6.07, 6.45) is -1.41. The minimum atomic E-state index is -1.23. The van der Waals surface area contributed by atoms with Crippen molar-refractivity contribution < 1.29 is 42.9 Å². The lowest BCUT2D eigenvalue weighted by Crippen LogP contribution is -2.50. The van der Waals surface area contributed by atoms with Gasteiger partial charge in [-0.2, -0.15) is 4.90 Å². The Hall–Kier alpha value is -3.37. The molecule has 0 fully saturated rings. The van der Waals surface area contributed by atoms with Crippen molar-refractivity contribution in [1.29, 1.82) is 0 Å². The molecular formula is C24H38N2O9. The van der Waals surface area contributed by atoms with Gasteiger partial charge in [-0.15, -0.1) is 0 Å². The SMILES string of the molecule is C/C=C(\C(=O)N(C(=O)OC(C)(C)C)/C(=C/C)C(=O)OC)N(C(=O)OC(C)(C)C)C(=O)OC(C)(C)C. The molecule has 0 atom stereocenters. The topological polar surface area (TPSA) is 129 Å². The Kier molecular flexibility index (Phi) is 10.7. The molecule has 0 aliphatic heterocycles. The number of imide groups is 2. The van der Waals surface area contributed by atoms with Gasteiger partial charge in [0.1, 0.15) is 28.2 Å². The lowest BCUT2D eigenvalue weighted by atomic mass is 10.2. The molecule has 0 aliphatic rings. The first kappa shape index (κ1) is 31.6. The lowest BCUT2D eigenvalue weighted by Gasteiger charge is -2.31. The van der Waals surface area contributed by atoms with Crippen LogP contribution in [0.2, 0.25) is 0 Å². The number of allylic oxidation sites excluding steroid dienone is 2. The number of nitrogens with zero attached hydrogens (tertiary/aromatic N) is 2. The van der Waals surface area contributed by atoms with Crippen molar-refractivity contribution in [2.45, 2.75) is 93.0 Å². The Morgan fingerprint density at radius 1 is 0.571 bits per heavy atom. The van der Waals surface area contributed by atoms with Gasteiger partial charge < -0.3 is 18.9 Å². The van der Waals surface area contributed by atoms with E-state index in [0.29, 0.717) is 9.80 Å². The van der Waals surface area contributed by atoms with E-state index < -0.39 is 58.4 Å². The molecule has 0 aliphatic carbocycles. The number of carbonyl (C=O) groups is 5. The summed E-state index contributed by atoms with van der Waals surface area (Å²) in [7, 11) is 1.06. The molecule has 0 saturated heterocycles. The molecule has 0 spiro atoms. The maximum absolute atomic E-state index is 13.7. The number of esters is 1. The summed E-state index contributed by atoms with van der Waals surface area (Å²) in [6, 6.07) is 0. The number of rotatable bonds is 4. The van der Waals surface area contributed by atoms with Crippen molar-refractivity contribution in [3.63, 3.8) is 0 Å². The number of hydrogen-bond acceptors (Lipinski definition) is 9. The van der Waals surface area contributed by atoms with Crippen LogP contribution in [0.15, 0.2) is 23.5 Å². The zero-order valence-corrected chi connectivity index (χ0v) is 22.7. The predicted octanol–water partition coefficient (Wildman–Crippen LogP) is 4.90. The second-order valence-corrected chi connectivity index (χ2v) is 10.3. The fraction of sp³-hybridized carbons (Fsp3) is 0.625. The first-order valence-corrected chi connectivity index (χ1v) is 10.9. The van der Waals surface area contributed by atoms with Crippen LogP contribution in [0.3, 0.4) is 0 Å². The van der Waals surface area contributed by atoms with Crippen LogP contribution in [0.4, 0.5) is 14.4 Å². The molecule has 11 heteroatoms. The lowest BCUT2D eigenvalue weighted by molar-refractivity contribution is -0.141. The van der Waals surface area contributed by atoms with Crippen LogP contribution in [0.25, 0.3) is 0 Å². The second-order valence-electron chi connectivity index (χ2n) is 10.3. The number of hydrogen-bond donors (Lipinski definition) is 0. The van der Waals surface area contributed by atoms with Crippen molar-refractivity contribution in [3.05, 3.63) is 23.5 Å². The van der Waals surface area contributed by atoms with Gasteiger partial charge in [0, 0.05) is 0 Å². The molecule has 0 saturated carbocycles. The molecule has 35 heavy (non-hydrogen) atoms. The zero-order valence-electron chi connectivity index (χ0n) is 22.7. The maximum atomic E-state index is 13.7. The smallest absolute Gasteiger partial charge is 0.424 e. The van der Waals surface area contributed by atoms with Gasteiger partial charge in [0.15, 0.2) is 0 Å². The van der Waals surface area contributed by atoms with E-state index >= 15 is 0 Å². The van der Waals surface area contributed by atoms with Crippen LogP contribution in [0.5, 0.6) is 0 Å². The van der Waals surface area contributed by atoms with Crippen molar-refractivity contribution in [1.82, 2.24) is 9.80 Å². The van der Waals surface area contributed by atoms with Crippen LogP contribution < -0.4 is 0 Å². The highest BCUT2D eigenvalue weighted by Gasteiger charge is 2.42. The van der Waals surface area contributed by atoms with E-state index in [0.717, 1.165) is 19.3 Å². The standard InChI is InChI=1S/C24H38N2O9/c1-13-15(26(20(30)34-23(6,7)8)21(31)35-24(9,10)11)17(27)25(16(14-2)18(28)32-12)19(29)33-22(3,4)5/h13-14H,1-12H3/b15-13+,16-14+. The maximum Gasteiger partial charge on any atom is 0.424 e. The Bertz CT molecular complexity index is 869. The molecule has 0 radical (unpaired) electrons. The molecule has 0 aromatic rings. The van der Waals surface area contributed by atoms with E-state index in [4.69, 9.17) is 14.2 Å². The molecule has 198 valence electrons. The van der Waals surface area contributed by atoms with E-state index in [9.17, 15) is 24.0 Å². The van der Waals surface area contributed by atoms with E-state index in [-0.39, 0.29) is 0 Å². The molecule has 0 bridgehead atoms. The van der Waals surface area contributed by atoms with E-state index in [1.54, 1.807) is 62.3 Å². The Balaban J connectivity index is 6.83. The highest BCUT2D eigenvalue weighted by molar-refractivity contribution is 6.12. The fourth-order valence-electron chi connectivity index (χ4n) is 2.39. The summed E-state index contributed by atoms with van der Waals surface area (Å²) < 4.78 is 20.6. The summed E-state index contributed by atoms with van der Waals surface area (Å²) in [6.45, 7) is 16.8. The molecule has 0 aromatic heterocycles. The van der Waals surface area contributed by atoms with E-state index in [1.807, 2.05) is 0 Å². The molecular weight excluding hydrogens is 460 g/mol. The summed E-state index contributed by atoms with van der Waals surface area (Å²) in [5, 5.41) is 0. The average molecular weight is 499 g/mol. The van der Waals surface area contributed by atoms with E-state index in [1.165, 1.54) is 13.8 Å². The monoisotopic (exact) mass is 498 g/mol. The van der Waals surface area contributed by atoms with Gasteiger partial charge in [-0.25, -0.2) is 24.1 Å². The molecule has 0 rings (SSSR count). The zero-order chi connectivity index (χ0) is 27.9. The van der Waals surface area contributed by atoms with Gasteiger partial charge in [-0.3, -0.25) is 4.79 Å². The normalized spacial score (nSPS) is 12.9. The molecule has 0 unspecified atom stereocenters. The first-order valence-electron chi connectivity index (χ1n) is 10.9. The number of amides is 4. The second kappa shape index (κ2) is 11.9. The third-order valence-corrected chi connectivity index (χ3v) is 3.57. The van der Waals surface area contributed by atoms with Gasteiger partial charge in [0.05, 0.1) is 7.11 Å². The third-order valence-electron chi connectivity index (χ3n) is 3.57. The number of carbonyl (C=O) groups excluding carboxylic acids is 5. The molecule has 0 aromatic carbocycles. The van der Waals surface area contributed by atoms with Gasteiger partial charge >= 0.3 is 24.2 Å². The van der Waals surface area contributed by atoms with Gasteiger partial charge in [-0.05, 0) is 76.2 Å². The quantitative estimate of drug-likeness (QED) is 0.302. The van der Waals surface area contributed by atoms with Crippen molar-refractivity contribution >= 4 is 30.2 Å². The van der Waals surface area contributed by atoms with Crippen LogP contribution in [0.1, 0.15) is 76.2 Å². The Labute approximate surface area is 207 Å². The third kappa shape index (κ3) is 10.2. The van der Waals surface area contributed by atoms with Crippen LogP contribution in [-0.4, -0.2) is 63.9 Å². The average Bonchev–Trinajstić information content (AvgIpc) is 2.64. The van der Waals surface area contributed by atoms with Crippen LogP contribution >= 0.6 is 0 Å². The number of methoxy groups -OCH3 is 1. The Morgan fingerprint density at radius 2 is 0.886 bits per heavy atom. The minimum absolute atomic E-state index is 0.362. The molecule has 11 nitrogen and oxygen atoms in total. The molecule has 0 N–H and O–H groups in total. The van der Waals surface area contributed by atoms with Crippen LogP contribution in [-0.2, 0) is 28.5 Å². The highest BCUT2D eigenvalue weighted by Crippen LogP contribution is 2.23. The van der Waals surface area contributed by atoms with E-state index in [2.05, 4.69) is 4.74 Å². The number of ether oxygens (including phenoxy) is 4. The largest absolute Gasteiger partial charge is 0.464 e. The minimum Gasteiger partial charge on any atom is -0.464 e.